The number of rotatable bonds is 6. The number of ether oxygens (including phenoxy) is 1. The number of hydrazone groups is 1. The van der Waals surface area contributed by atoms with Crippen LogP contribution >= 0.6 is 0 Å². The van der Waals surface area contributed by atoms with Gasteiger partial charge in [-0.2, -0.15) is 20.1 Å². The van der Waals surface area contributed by atoms with Crippen molar-refractivity contribution in [2.45, 2.75) is 6.92 Å². The van der Waals surface area contributed by atoms with E-state index in [4.69, 9.17) is 4.74 Å². The number of benzene rings is 1. The van der Waals surface area contributed by atoms with Crippen LogP contribution in [0.25, 0.3) is 0 Å². The van der Waals surface area contributed by atoms with Crippen LogP contribution in [0, 0.1) is 6.92 Å². The molecule has 0 radical (unpaired) electrons. The van der Waals surface area contributed by atoms with Gasteiger partial charge in [0.15, 0.2) is 0 Å². The fourth-order valence-corrected chi connectivity index (χ4v) is 2.75. The topological polar surface area (TPSA) is 100 Å². The van der Waals surface area contributed by atoms with Gasteiger partial charge in [-0.05, 0) is 31.2 Å². The van der Waals surface area contributed by atoms with E-state index in [-0.39, 0.29) is 0 Å². The zero-order valence-electron chi connectivity index (χ0n) is 16.1. The van der Waals surface area contributed by atoms with E-state index in [1.165, 1.54) is 5.56 Å². The minimum atomic E-state index is 0.350. The molecule has 9 nitrogen and oxygen atoms in total. The highest BCUT2D eigenvalue weighted by molar-refractivity contribution is 5.77. The lowest BCUT2D eigenvalue weighted by Gasteiger charge is -2.27. The molecule has 0 aliphatic carbocycles. The molecule has 1 aliphatic heterocycles. The zero-order valence-corrected chi connectivity index (χ0v) is 16.1. The monoisotopic (exact) mass is 390 g/mol. The summed E-state index contributed by atoms with van der Waals surface area (Å²) >= 11 is 0. The van der Waals surface area contributed by atoms with Crippen LogP contribution < -0.4 is 15.6 Å². The number of nitrogens with zero attached hydrogens (tertiary/aromatic N) is 6. The third kappa shape index (κ3) is 5.23. The van der Waals surface area contributed by atoms with Gasteiger partial charge >= 0.3 is 0 Å². The molecule has 1 saturated heterocycles. The van der Waals surface area contributed by atoms with Crippen LogP contribution in [0.4, 0.5) is 23.5 Å². The van der Waals surface area contributed by atoms with Gasteiger partial charge in [-0.3, -0.25) is 4.98 Å². The van der Waals surface area contributed by atoms with Gasteiger partial charge in [0.25, 0.3) is 0 Å². The van der Waals surface area contributed by atoms with E-state index >= 15 is 0 Å². The van der Waals surface area contributed by atoms with Crippen LogP contribution in [0.2, 0.25) is 0 Å². The normalized spacial score (nSPS) is 14.2. The second-order valence-corrected chi connectivity index (χ2v) is 6.50. The zero-order chi connectivity index (χ0) is 19.9. The molecule has 4 rings (SSSR count). The molecule has 0 amide bonds. The highest BCUT2D eigenvalue weighted by Crippen LogP contribution is 2.19. The Balaban J connectivity index is 1.56. The van der Waals surface area contributed by atoms with Gasteiger partial charge in [-0.15, -0.1) is 0 Å². The Bertz CT molecular complexity index is 956. The SMILES string of the molecule is Cc1ccc(Nc2nc(NN=Cc3ccccn3)nc(N3CCOCC3)n2)cc1. The molecular weight excluding hydrogens is 368 g/mol. The Morgan fingerprint density at radius 1 is 1.00 bits per heavy atom. The summed E-state index contributed by atoms with van der Waals surface area (Å²) in [7, 11) is 0. The molecule has 1 aliphatic rings. The van der Waals surface area contributed by atoms with Crippen molar-refractivity contribution in [3.63, 3.8) is 0 Å². The summed E-state index contributed by atoms with van der Waals surface area (Å²) in [5, 5.41) is 7.43. The second kappa shape index (κ2) is 9.07. The molecule has 3 aromatic rings. The van der Waals surface area contributed by atoms with Gasteiger partial charge < -0.3 is 15.0 Å². The van der Waals surface area contributed by atoms with Crippen molar-refractivity contribution in [1.29, 1.82) is 0 Å². The van der Waals surface area contributed by atoms with Gasteiger partial charge in [0.05, 0.1) is 25.1 Å². The average molecular weight is 390 g/mol. The van der Waals surface area contributed by atoms with Crippen LogP contribution in [0.3, 0.4) is 0 Å². The summed E-state index contributed by atoms with van der Waals surface area (Å²) < 4.78 is 5.43. The lowest BCUT2D eigenvalue weighted by molar-refractivity contribution is 0.122. The Kier molecular flexibility index (Phi) is 5.87. The predicted molar refractivity (Wildman–Crippen MR) is 113 cm³/mol. The Morgan fingerprint density at radius 3 is 2.55 bits per heavy atom. The highest BCUT2D eigenvalue weighted by Gasteiger charge is 2.16. The van der Waals surface area contributed by atoms with E-state index in [1.807, 2.05) is 49.4 Å². The van der Waals surface area contributed by atoms with Gasteiger partial charge in [-0.1, -0.05) is 23.8 Å². The minimum absolute atomic E-state index is 0.350. The third-order valence-corrected chi connectivity index (χ3v) is 4.27. The molecule has 0 bridgehead atoms. The average Bonchev–Trinajstić information content (AvgIpc) is 2.77. The number of anilines is 4. The minimum Gasteiger partial charge on any atom is -0.378 e. The number of nitrogens with one attached hydrogen (secondary N) is 2. The lowest BCUT2D eigenvalue weighted by Crippen LogP contribution is -2.37. The predicted octanol–water partition coefficient (Wildman–Crippen LogP) is 2.60. The quantitative estimate of drug-likeness (QED) is 0.489. The molecule has 0 atom stereocenters. The van der Waals surface area contributed by atoms with E-state index in [2.05, 4.69) is 40.7 Å². The molecule has 1 aromatic carbocycles. The number of hydrogen-bond acceptors (Lipinski definition) is 9. The third-order valence-electron chi connectivity index (χ3n) is 4.27. The molecule has 3 heterocycles. The molecule has 29 heavy (non-hydrogen) atoms. The Hall–Kier alpha value is -3.59. The second-order valence-electron chi connectivity index (χ2n) is 6.50. The van der Waals surface area contributed by atoms with Crippen molar-refractivity contribution in [1.82, 2.24) is 19.9 Å². The first-order chi connectivity index (χ1) is 14.3. The first-order valence-electron chi connectivity index (χ1n) is 9.39. The van der Waals surface area contributed by atoms with E-state index in [9.17, 15) is 0 Å². The van der Waals surface area contributed by atoms with Crippen molar-refractivity contribution >= 4 is 29.7 Å². The maximum absolute atomic E-state index is 5.43. The number of morpholine rings is 1. The van der Waals surface area contributed by atoms with Gasteiger partial charge in [0.1, 0.15) is 0 Å². The summed E-state index contributed by atoms with van der Waals surface area (Å²) in [4.78, 5) is 19.8. The summed E-state index contributed by atoms with van der Waals surface area (Å²) in [6, 6.07) is 13.7. The first-order valence-corrected chi connectivity index (χ1v) is 9.39. The van der Waals surface area contributed by atoms with Crippen LogP contribution in [0.1, 0.15) is 11.3 Å². The van der Waals surface area contributed by atoms with Crippen LogP contribution in [-0.4, -0.2) is 52.5 Å². The van der Waals surface area contributed by atoms with Crippen molar-refractivity contribution in [3.8, 4) is 0 Å². The molecule has 0 unspecified atom stereocenters. The summed E-state index contributed by atoms with van der Waals surface area (Å²) in [5.74, 6) is 1.37. The van der Waals surface area contributed by atoms with Crippen LogP contribution in [-0.2, 0) is 4.74 Å². The molecule has 2 aromatic heterocycles. The smallest absolute Gasteiger partial charge is 0.250 e. The van der Waals surface area contributed by atoms with Gasteiger partial charge in [0.2, 0.25) is 17.8 Å². The maximum atomic E-state index is 5.43. The van der Waals surface area contributed by atoms with Crippen LogP contribution in [0.5, 0.6) is 0 Å². The molecule has 0 spiro atoms. The largest absolute Gasteiger partial charge is 0.378 e. The number of pyridine rings is 1. The molecule has 1 fully saturated rings. The summed E-state index contributed by atoms with van der Waals surface area (Å²) in [6.45, 7) is 4.79. The standard InChI is InChI=1S/C20H22N8O/c1-15-5-7-16(8-6-15)23-18-24-19(27-22-14-17-4-2-3-9-21-17)26-20(25-18)28-10-12-29-13-11-28/h2-9,14H,10-13H2,1H3,(H2,23,24,25,26,27). The fourth-order valence-electron chi connectivity index (χ4n) is 2.75. The van der Waals surface area contributed by atoms with Crippen molar-refractivity contribution in [3.05, 3.63) is 59.9 Å². The molecule has 148 valence electrons. The fraction of sp³-hybridized carbons (Fsp3) is 0.250. The van der Waals surface area contributed by atoms with Crippen molar-refractivity contribution < 1.29 is 4.74 Å². The van der Waals surface area contributed by atoms with E-state index in [1.54, 1.807) is 12.4 Å². The lowest BCUT2D eigenvalue weighted by atomic mass is 10.2. The van der Waals surface area contributed by atoms with Gasteiger partial charge in [0, 0.05) is 25.0 Å². The highest BCUT2D eigenvalue weighted by atomic mass is 16.5. The number of hydrogen-bond donors (Lipinski definition) is 2. The number of aromatic nitrogens is 4. The maximum Gasteiger partial charge on any atom is 0.250 e. The number of aryl methyl sites for hydroxylation is 1. The van der Waals surface area contributed by atoms with Crippen molar-refractivity contribution in [2.24, 2.45) is 5.10 Å². The summed E-state index contributed by atoms with van der Waals surface area (Å²) in [5.41, 5.74) is 5.70. The first kappa shape index (κ1) is 18.8. The Morgan fingerprint density at radius 2 is 1.79 bits per heavy atom. The molecule has 0 saturated carbocycles. The Labute approximate surface area is 168 Å². The van der Waals surface area contributed by atoms with E-state index in [0.29, 0.717) is 31.1 Å². The van der Waals surface area contributed by atoms with Crippen molar-refractivity contribution in [2.75, 3.05) is 41.9 Å². The summed E-state index contributed by atoms with van der Waals surface area (Å²) in [6.07, 6.45) is 3.33. The molecular formula is C20H22N8O. The van der Waals surface area contributed by atoms with Gasteiger partial charge in [-0.25, -0.2) is 5.43 Å². The van der Waals surface area contributed by atoms with Crippen LogP contribution in [0.15, 0.2) is 53.8 Å². The molecule has 9 heteroatoms. The van der Waals surface area contributed by atoms with E-state index < -0.39 is 0 Å². The molecule has 2 N–H and O–H groups in total. The van der Waals surface area contributed by atoms with E-state index in [0.717, 1.165) is 24.5 Å².